The van der Waals surface area contributed by atoms with E-state index in [0.717, 1.165) is 0 Å². The van der Waals surface area contributed by atoms with E-state index in [1.165, 1.54) is 6.07 Å². The van der Waals surface area contributed by atoms with Gasteiger partial charge < -0.3 is 5.11 Å². The molecule has 90 valence electrons. The first kappa shape index (κ1) is 11.7. The van der Waals surface area contributed by atoms with E-state index < -0.39 is 16.9 Å². The number of nitrogens with zero attached hydrogens (tertiary/aromatic N) is 1. The number of fused-ring (bicyclic) bond motifs is 1. The van der Waals surface area contributed by atoms with Crippen molar-refractivity contribution in [3.05, 3.63) is 39.4 Å². The van der Waals surface area contributed by atoms with Crippen molar-refractivity contribution >= 4 is 11.5 Å². The summed E-state index contributed by atoms with van der Waals surface area (Å²) in [7, 11) is 0. The highest BCUT2D eigenvalue weighted by atomic mass is 16.6. The molecule has 1 N–H and O–H groups in total. The van der Waals surface area contributed by atoms with Crippen LogP contribution in [0.15, 0.2) is 18.2 Å². The molecule has 1 aliphatic rings. The summed E-state index contributed by atoms with van der Waals surface area (Å²) >= 11 is 0. The van der Waals surface area contributed by atoms with Crippen LogP contribution in [0.1, 0.15) is 29.3 Å². The number of Topliss-reactive ketones (excluding diaryl/α,β-unsaturated/α-hetero) is 1. The van der Waals surface area contributed by atoms with Gasteiger partial charge in [-0.15, -0.1) is 0 Å². The zero-order valence-electron chi connectivity index (χ0n) is 9.42. The Hall–Kier alpha value is -1.75. The summed E-state index contributed by atoms with van der Waals surface area (Å²) in [5, 5.41) is 20.6. The highest BCUT2D eigenvalue weighted by Gasteiger charge is 2.39. The molecule has 2 unspecified atom stereocenters. The van der Waals surface area contributed by atoms with Gasteiger partial charge in [-0.3, -0.25) is 14.9 Å². The van der Waals surface area contributed by atoms with Crippen LogP contribution in [0, 0.1) is 16.0 Å². The largest absolute Gasteiger partial charge is 0.392 e. The van der Waals surface area contributed by atoms with Crippen LogP contribution in [-0.4, -0.2) is 21.9 Å². The van der Waals surface area contributed by atoms with E-state index in [9.17, 15) is 20.0 Å². The van der Waals surface area contributed by atoms with E-state index in [1.807, 2.05) is 0 Å². The van der Waals surface area contributed by atoms with Crippen LogP contribution in [0.4, 0.5) is 5.69 Å². The lowest BCUT2D eigenvalue weighted by atomic mass is 9.96. The number of rotatable bonds is 3. The Balaban J connectivity index is 2.45. The van der Waals surface area contributed by atoms with Crippen molar-refractivity contribution in [3.63, 3.8) is 0 Å². The van der Waals surface area contributed by atoms with E-state index in [-0.39, 0.29) is 17.0 Å². The smallest absolute Gasteiger partial charge is 0.280 e. The minimum Gasteiger partial charge on any atom is -0.392 e. The lowest BCUT2D eigenvalue weighted by molar-refractivity contribution is -0.385. The van der Waals surface area contributed by atoms with Gasteiger partial charge in [0.15, 0.2) is 5.78 Å². The molecule has 1 aromatic rings. The van der Waals surface area contributed by atoms with Crippen molar-refractivity contribution in [2.45, 2.75) is 25.9 Å². The molecule has 5 heteroatoms. The number of carbonyl (C=O) groups is 1. The number of aliphatic hydroxyl groups is 1. The summed E-state index contributed by atoms with van der Waals surface area (Å²) < 4.78 is 0. The van der Waals surface area contributed by atoms with Crippen LogP contribution in [-0.2, 0) is 6.42 Å². The summed E-state index contributed by atoms with van der Waals surface area (Å²) in [4.78, 5) is 22.4. The Bertz CT molecular complexity index is 483. The number of nitro benzene ring substituents is 1. The predicted molar refractivity (Wildman–Crippen MR) is 60.9 cm³/mol. The molecular formula is C12H13NO4. The molecule has 1 aromatic carbocycles. The molecule has 0 bridgehead atoms. The van der Waals surface area contributed by atoms with Gasteiger partial charge in [-0.25, -0.2) is 0 Å². The van der Waals surface area contributed by atoms with E-state index >= 15 is 0 Å². The Morgan fingerprint density at radius 2 is 2.29 bits per heavy atom. The molecule has 0 saturated carbocycles. The molecule has 2 rings (SSSR count). The number of carbonyl (C=O) groups excluding carboxylic acids is 1. The molecule has 17 heavy (non-hydrogen) atoms. The minimum atomic E-state index is -0.727. The summed E-state index contributed by atoms with van der Waals surface area (Å²) in [6.45, 7) is 1.79. The standard InChI is InChI=1S/C12H13NO4/c1-2-10(14)8-6-7-4-3-5-9(13(16)17)11(7)12(8)15/h3-5,8,10,14H,2,6H2,1H3. The molecule has 5 nitrogen and oxygen atoms in total. The number of aliphatic hydroxyl groups excluding tert-OH is 1. The van der Waals surface area contributed by atoms with Crippen molar-refractivity contribution in [3.8, 4) is 0 Å². The highest BCUT2D eigenvalue weighted by Crippen LogP contribution is 2.35. The van der Waals surface area contributed by atoms with Gasteiger partial charge in [0.1, 0.15) is 0 Å². The van der Waals surface area contributed by atoms with Crippen LogP contribution in [0.5, 0.6) is 0 Å². The Kier molecular flexibility index (Phi) is 2.93. The normalized spacial score (nSPS) is 20.1. The van der Waals surface area contributed by atoms with Crippen molar-refractivity contribution in [1.82, 2.24) is 0 Å². The summed E-state index contributed by atoms with van der Waals surface area (Å²) in [5.74, 6) is -0.835. The van der Waals surface area contributed by atoms with Crippen LogP contribution >= 0.6 is 0 Å². The number of nitro groups is 1. The van der Waals surface area contributed by atoms with Crippen molar-refractivity contribution in [1.29, 1.82) is 0 Å². The second-order valence-corrected chi connectivity index (χ2v) is 4.22. The van der Waals surface area contributed by atoms with Crippen LogP contribution < -0.4 is 0 Å². The Morgan fingerprint density at radius 1 is 1.59 bits per heavy atom. The summed E-state index contributed by atoms with van der Waals surface area (Å²) in [6, 6.07) is 4.62. The molecule has 0 fully saturated rings. The molecular weight excluding hydrogens is 222 g/mol. The molecule has 0 amide bonds. The first-order valence-corrected chi connectivity index (χ1v) is 5.54. The third-order valence-corrected chi connectivity index (χ3v) is 3.23. The van der Waals surface area contributed by atoms with Crippen LogP contribution in [0.3, 0.4) is 0 Å². The van der Waals surface area contributed by atoms with Crippen LogP contribution in [0.25, 0.3) is 0 Å². The monoisotopic (exact) mass is 235 g/mol. The summed E-state index contributed by atoms with van der Waals surface area (Å²) in [5.41, 5.74) is 0.690. The fourth-order valence-electron chi connectivity index (χ4n) is 2.30. The third-order valence-electron chi connectivity index (χ3n) is 3.23. The average Bonchev–Trinajstić information content (AvgIpc) is 2.66. The predicted octanol–water partition coefficient (Wildman–Crippen LogP) is 1.72. The molecule has 1 aliphatic carbocycles. The van der Waals surface area contributed by atoms with Crippen molar-refractivity contribution in [2.75, 3.05) is 0 Å². The van der Waals surface area contributed by atoms with E-state index in [1.54, 1.807) is 19.1 Å². The fourth-order valence-corrected chi connectivity index (χ4v) is 2.30. The number of hydrogen-bond acceptors (Lipinski definition) is 4. The maximum Gasteiger partial charge on any atom is 0.280 e. The Labute approximate surface area is 98.2 Å². The highest BCUT2D eigenvalue weighted by molar-refractivity contribution is 6.05. The molecule has 2 atom stereocenters. The molecule has 0 aliphatic heterocycles. The molecule has 0 heterocycles. The van der Waals surface area contributed by atoms with Crippen molar-refractivity contribution < 1.29 is 14.8 Å². The van der Waals surface area contributed by atoms with Gasteiger partial charge in [0.2, 0.25) is 0 Å². The van der Waals surface area contributed by atoms with Gasteiger partial charge in [-0.2, -0.15) is 0 Å². The lowest BCUT2D eigenvalue weighted by Crippen LogP contribution is -2.25. The first-order valence-electron chi connectivity index (χ1n) is 5.54. The van der Waals surface area contributed by atoms with E-state index in [2.05, 4.69) is 0 Å². The van der Waals surface area contributed by atoms with Crippen LogP contribution in [0.2, 0.25) is 0 Å². The average molecular weight is 235 g/mol. The fraction of sp³-hybridized carbons (Fsp3) is 0.417. The van der Waals surface area contributed by atoms with E-state index in [4.69, 9.17) is 0 Å². The van der Waals surface area contributed by atoms with E-state index in [0.29, 0.717) is 18.4 Å². The Morgan fingerprint density at radius 3 is 2.88 bits per heavy atom. The molecule has 0 saturated heterocycles. The maximum atomic E-state index is 12.1. The topological polar surface area (TPSA) is 80.4 Å². The molecule has 0 spiro atoms. The number of benzene rings is 1. The second-order valence-electron chi connectivity index (χ2n) is 4.22. The number of ketones is 1. The summed E-state index contributed by atoms with van der Waals surface area (Å²) in [6.07, 6.45) is 0.137. The minimum absolute atomic E-state index is 0.154. The van der Waals surface area contributed by atoms with Gasteiger partial charge in [-0.05, 0) is 18.4 Å². The van der Waals surface area contributed by atoms with Gasteiger partial charge in [0.25, 0.3) is 5.69 Å². The van der Waals surface area contributed by atoms with Gasteiger partial charge in [-0.1, -0.05) is 19.1 Å². The van der Waals surface area contributed by atoms with Gasteiger partial charge >= 0.3 is 0 Å². The molecule has 0 radical (unpaired) electrons. The first-order chi connectivity index (χ1) is 8.06. The maximum absolute atomic E-state index is 12.1. The second kappa shape index (κ2) is 4.25. The quantitative estimate of drug-likeness (QED) is 0.639. The third kappa shape index (κ3) is 1.82. The van der Waals surface area contributed by atoms with Gasteiger partial charge in [0, 0.05) is 6.07 Å². The zero-order chi connectivity index (χ0) is 12.6. The molecule has 0 aromatic heterocycles. The SMILES string of the molecule is CCC(O)C1Cc2cccc([N+](=O)[O-])c2C1=O. The zero-order valence-corrected chi connectivity index (χ0v) is 9.42. The lowest BCUT2D eigenvalue weighted by Gasteiger charge is -2.13. The van der Waals surface area contributed by atoms with Gasteiger partial charge in [0.05, 0.1) is 22.5 Å². The van der Waals surface area contributed by atoms with Crippen molar-refractivity contribution in [2.24, 2.45) is 5.92 Å². The number of hydrogen-bond donors (Lipinski definition) is 1.